The second kappa shape index (κ2) is 6.76. The molecule has 21 heavy (non-hydrogen) atoms. The maximum atomic E-state index is 12.9. The molecule has 110 valence electrons. The van der Waals surface area contributed by atoms with Gasteiger partial charge in [-0.25, -0.2) is 0 Å². The van der Waals surface area contributed by atoms with E-state index in [9.17, 15) is 4.79 Å². The Hall–Kier alpha value is -1.81. The molecule has 0 atom stereocenters. The molecule has 0 bridgehead atoms. The summed E-state index contributed by atoms with van der Waals surface area (Å²) in [4.78, 5) is 14.6. The molecule has 0 heterocycles. The minimum absolute atomic E-state index is 0.0439. The van der Waals surface area contributed by atoms with Crippen molar-refractivity contribution >= 4 is 27.5 Å². The Balaban J connectivity index is 2.44. The normalized spacial score (nSPS) is 10.3. The van der Waals surface area contributed by atoms with E-state index in [0.717, 1.165) is 15.7 Å². The molecule has 2 aromatic rings. The van der Waals surface area contributed by atoms with E-state index in [1.54, 1.807) is 18.1 Å². The largest absolute Gasteiger partial charge is 0.497 e. The second-order valence-electron chi connectivity index (χ2n) is 4.68. The van der Waals surface area contributed by atoms with Gasteiger partial charge in [-0.1, -0.05) is 18.2 Å². The third-order valence-corrected chi connectivity index (χ3v) is 4.06. The van der Waals surface area contributed by atoms with Crippen molar-refractivity contribution in [1.29, 1.82) is 0 Å². The average Bonchev–Trinajstić information content (AvgIpc) is 2.50. The Morgan fingerprint density at radius 3 is 2.57 bits per heavy atom. The van der Waals surface area contributed by atoms with Gasteiger partial charge >= 0.3 is 0 Å². The van der Waals surface area contributed by atoms with Gasteiger partial charge in [0.1, 0.15) is 5.75 Å². The molecule has 4 heteroatoms. The summed E-state index contributed by atoms with van der Waals surface area (Å²) in [7, 11) is 1.59. The Labute approximate surface area is 133 Å². The molecule has 0 aliphatic heterocycles. The number of carbonyl (C=O) groups is 1. The molecular weight excluding hydrogens is 330 g/mol. The van der Waals surface area contributed by atoms with E-state index in [0.29, 0.717) is 17.9 Å². The first-order chi connectivity index (χ1) is 10.1. The Bertz CT molecular complexity index is 655. The molecule has 2 aromatic carbocycles. The summed E-state index contributed by atoms with van der Waals surface area (Å²) in [6, 6.07) is 13.3. The monoisotopic (exact) mass is 347 g/mol. The minimum Gasteiger partial charge on any atom is -0.497 e. The van der Waals surface area contributed by atoms with Crippen molar-refractivity contribution in [1.82, 2.24) is 0 Å². The lowest BCUT2D eigenvalue weighted by Crippen LogP contribution is -2.31. The number of hydrogen-bond donors (Lipinski definition) is 0. The number of nitrogens with zero attached hydrogens (tertiary/aromatic N) is 1. The molecule has 2 rings (SSSR count). The molecule has 0 saturated heterocycles. The lowest BCUT2D eigenvalue weighted by molar-refractivity contribution is 0.0987. The van der Waals surface area contributed by atoms with Crippen LogP contribution in [0, 0.1) is 6.92 Å². The smallest absolute Gasteiger partial charge is 0.259 e. The quantitative estimate of drug-likeness (QED) is 0.818. The number of methoxy groups -OCH3 is 1. The van der Waals surface area contributed by atoms with Crippen LogP contribution in [0.1, 0.15) is 22.8 Å². The van der Waals surface area contributed by atoms with Crippen LogP contribution in [0.15, 0.2) is 46.9 Å². The van der Waals surface area contributed by atoms with Crippen molar-refractivity contribution in [2.75, 3.05) is 18.6 Å². The van der Waals surface area contributed by atoms with E-state index in [1.165, 1.54) is 0 Å². The van der Waals surface area contributed by atoms with Crippen molar-refractivity contribution < 1.29 is 9.53 Å². The molecule has 0 aliphatic carbocycles. The van der Waals surface area contributed by atoms with Gasteiger partial charge in [0.15, 0.2) is 0 Å². The molecule has 0 N–H and O–H groups in total. The fourth-order valence-electron chi connectivity index (χ4n) is 2.23. The predicted octanol–water partition coefficient (Wildman–Crippen LogP) is 4.43. The maximum absolute atomic E-state index is 12.9. The molecule has 0 fully saturated rings. The zero-order chi connectivity index (χ0) is 15.4. The van der Waals surface area contributed by atoms with Crippen LogP contribution < -0.4 is 9.64 Å². The lowest BCUT2D eigenvalue weighted by Gasteiger charge is -2.23. The van der Waals surface area contributed by atoms with Gasteiger partial charge < -0.3 is 9.64 Å². The summed E-state index contributed by atoms with van der Waals surface area (Å²) in [6.45, 7) is 4.58. The first-order valence-corrected chi connectivity index (χ1v) is 7.58. The zero-order valence-electron chi connectivity index (χ0n) is 12.4. The van der Waals surface area contributed by atoms with Crippen molar-refractivity contribution in [3.63, 3.8) is 0 Å². The van der Waals surface area contributed by atoms with Gasteiger partial charge in [0, 0.05) is 16.7 Å². The summed E-state index contributed by atoms with van der Waals surface area (Å²) in [5.74, 6) is 0.625. The number of carbonyl (C=O) groups excluding carboxylic acids is 1. The van der Waals surface area contributed by atoms with Crippen LogP contribution >= 0.6 is 15.9 Å². The molecule has 3 nitrogen and oxygen atoms in total. The molecule has 0 spiro atoms. The Morgan fingerprint density at radius 1 is 1.24 bits per heavy atom. The topological polar surface area (TPSA) is 29.5 Å². The van der Waals surface area contributed by atoms with E-state index in [1.807, 2.05) is 50.2 Å². The first kappa shape index (κ1) is 15.6. The molecule has 0 aliphatic rings. The van der Waals surface area contributed by atoms with E-state index in [2.05, 4.69) is 15.9 Å². The van der Waals surface area contributed by atoms with E-state index >= 15 is 0 Å². The standard InChI is InChI=1S/C17H18BrNO2/c1-4-19(16-8-6-5-7-12(16)2)17(20)14-11-13(21-3)9-10-15(14)18/h5-11H,4H2,1-3H3. The van der Waals surface area contributed by atoms with Crippen molar-refractivity contribution in [2.24, 2.45) is 0 Å². The molecule has 0 aromatic heterocycles. The fraction of sp³-hybridized carbons (Fsp3) is 0.235. The zero-order valence-corrected chi connectivity index (χ0v) is 14.0. The number of aryl methyl sites for hydroxylation is 1. The minimum atomic E-state index is -0.0439. The highest BCUT2D eigenvalue weighted by atomic mass is 79.9. The summed E-state index contributed by atoms with van der Waals surface area (Å²) < 4.78 is 5.98. The van der Waals surface area contributed by atoms with E-state index < -0.39 is 0 Å². The van der Waals surface area contributed by atoms with Crippen molar-refractivity contribution in [3.05, 3.63) is 58.1 Å². The van der Waals surface area contributed by atoms with Gasteiger partial charge in [0.05, 0.1) is 12.7 Å². The van der Waals surface area contributed by atoms with Gasteiger partial charge in [0.2, 0.25) is 0 Å². The fourth-order valence-corrected chi connectivity index (χ4v) is 2.65. The SMILES string of the molecule is CCN(C(=O)c1cc(OC)ccc1Br)c1ccccc1C. The Morgan fingerprint density at radius 2 is 1.95 bits per heavy atom. The van der Waals surface area contributed by atoms with Crippen LogP contribution in [-0.2, 0) is 0 Å². The van der Waals surface area contributed by atoms with Crippen LogP contribution in [0.2, 0.25) is 0 Å². The van der Waals surface area contributed by atoms with Gasteiger partial charge in [-0.05, 0) is 59.6 Å². The van der Waals surface area contributed by atoms with Crippen molar-refractivity contribution in [2.45, 2.75) is 13.8 Å². The van der Waals surface area contributed by atoms with Gasteiger partial charge in [-0.3, -0.25) is 4.79 Å². The molecule has 0 unspecified atom stereocenters. The highest BCUT2D eigenvalue weighted by Crippen LogP contribution is 2.27. The summed E-state index contributed by atoms with van der Waals surface area (Å²) in [5, 5.41) is 0. The molecule has 0 radical (unpaired) electrons. The molecule has 1 amide bonds. The summed E-state index contributed by atoms with van der Waals surface area (Å²) >= 11 is 3.45. The number of para-hydroxylation sites is 1. The number of anilines is 1. The highest BCUT2D eigenvalue weighted by Gasteiger charge is 2.20. The Kier molecular flexibility index (Phi) is 5.02. The third-order valence-electron chi connectivity index (χ3n) is 3.37. The van der Waals surface area contributed by atoms with Crippen LogP contribution in [0.5, 0.6) is 5.75 Å². The number of hydrogen-bond acceptors (Lipinski definition) is 2. The number of ether oxygens (including phenoxy) is 1. The second-order valence-corrected chi connectivity index (χ2v) is 5.54. The molecule has 0 saturated carbocycles. The van der Waals surface area contributed by atoms with Crippen molar-refractivity contribution in [3.8, 4) is 5.75 Å². The van der Waals surface area contributed by atoms with Crippen LogP contribution in [-0.4, -0.2) is 19.6 Å². The highest BCUT2D eigenvalue weighted by molar-refractivity contribution is 9.10. The lowest BCUT2D eigenvalue weighted by atomic mass is 10.1. The molecular formula is C17H18BrNO2. The average molecular weight is 348 g/mol. The number of amides is 1. The third kappa shape index (κ3) is 3.27. The first-order valence-electron chi connectivity index (χ1n) is 6.79. The summed E-state index contributed by atoms with van der Waals surface area (Å²) in [6.07, 6.45) is 0. The van der Waals surface area contributed by atoms with Gasteiger partial charge in [-0.15, -0.1) is 0 Å². The van der Waals surface area contributed by atoms with Crippen LogP contribution in [0.4, 0.5) is 5.69 Å². The summed E-state index contributed by atoms with van der Waals surface area (Å²) in [5.41, 5.74) is 2.60. The van der Waals surface area contributed by atoms with Crippen LogP contribution in [0.3, 0.4) is 0 Å². The van der Waals surface area contributed by atoms with Gasteiger partial charge in [0.25, 0.3) is 5.91 Å². The van der Waals surface area contributed by atoms with E-state index in [4.69, 9.17) is 4.74 Å². The number of halogens is 1. The maximum Gasteiger partial charge on any atom is 0.259 e. The van der Waals surface area contributed by atoms with E-state index in [-0.39, 0.29) is 5.91 Å². The number of rotatable bonds is 4. The van der Waals surface area contributed by atoms with Gasteiger partial charge in [-0.2, -0.15) is 0 Å². The van der Waals surface area contributed by atoms with Crippen LogP contribution in [0.25, 0.3) is 0 Å². The number of benzene rings is 2. The predicted molar refractivity (Wildman–Crippen MR) is 89.2 cm³/mol.